The van der Waals surface area contributed by atoms with Gasteiger partial charge in [-0.2, -0.15) is 5.26 Å². The van der Waals surface area contributed by atoms with Crippen LogP contribution < -0.4 is 9.64 Å². The van der Waals surface area contributed by atoms with Crippen LogP contribution in [0, 0.1) is 18.3 Å². The van der Waals surface area contributed by atoms with E-state index in [1.165, 1.54) is 0 Å². The Kier molecular flexibility index (Phi) is 6.44. The lowest BCUT2D eigenvalue weighted by atomic mass is 10.2. The van der Waals surface area contributed by atoms with Crippen molar-refractivity contribution in [2.24, 2.45) is 0 Å². The number of ether oxygens (including phenoxy) is 1. The van der Waals surface area contributed by atoms with Crippen molar-refractivity contribution < 1.29 is 9.53 Å². The molecule has 0 radical (unpaired) electrons. The smallest absolute Gasteiger partial charge is 0.246 e. The van der Waals surface area contributed by atoms with Crippen molar-refractivity contribution in [1.29, 1.82) is 5.26 Å². The van der Waals surface area contributed by atoms with Gasteiger partial charge in [0.2, 0.25) is 5.91 Å². The van der Waals surface area contributed by atoms with Gasteiger partial charge >= 0.3 is 0 Å². The average Bonchev–Trinajstić information content (AvgIpc) is 2.97. The van der Waals surface area contributed by atoms with Gasteiger partial charge in [0, 0.05) is 37.6 Å². The third-order valence-electron chi connectivity index (χ3n) is 4.29. The molecule has 0 aliphatic carbocycles. The Morgan fingerprint density at radius 3 is 2.81 bits per heavy atom. The van der Waals surface area contributed by atoms with Crippen molar-refractivity contribution in [3.05, 3.63) is 47.0 Å². The van der Waals surface area contributed by atoms with Crippen LogP contribution in [0.2, 0.25) is 0 Å². The van der Waals surface area contributed by atoms with Gasteiger partial charge in [0.15, 0.2) is 11.7 Å². The zero-order chi connectivity index (χ0) is 19.1. The van der Waals surface area contributed by atoms with Gasteiger partial charge in [-0.15, -0.1) is 11.3 Å². The van der Waals surface area contributed by atoms with E-state index in [9.17, 15) is 4.79 Å². The first-order valence-corrected chi connectivity index (χ1v) is 9.77. The van der Waals surface area contributed by atoms with Crippen LogP contribution in [-0.2, 0) is 4.79 Å². The summed E-state index contributed by atoms with van der Waals surface area (Å²) in [6.45, 7) is 5.20. The Morgan fingerprint density at radius 1 is 1.30 bits per heavy atom. The SMILES string of the molecule is Cc1csc(N2CCCN(C(=O)/C=C/c3ccc(OCC#N)cc3)CC2)n1. The fourth-order valence-corrected chi connectivity index (χ4v) is 3.74. The first-order valence-electron chi connectivity index (χ1n) is 8.89. The normalized spacial score (nSPS) is 14.8. The molecule has 140 valence electrons. The predicted octanol–water partition coefficient (Wildman–Crippen LogP) is 3.11. The molecule has 2 aromatic rings. The third kappa shape index (κ3) is 5.31. The van der Waals surface area contributed by atoms with E-state index in [2.05, 4.69) is 15.3 Å². The van der Waals surface area contributed by atoms with Crippen molar-refractivity contribution in [3.63, 3.8) is 0 Å². The lowest BCUT2D eigenvalue weighted by Gasteiger charge is -2.20. The van der Waals surface area contributed by atoms with Gasteiger partial charge < -0.3 is 14.5 Å². The minimum Gasteiger partial charge on any atom is -0.479 e. The summed E-state index contributed by atoms with van der Waals surface area (Å²) in [6.07, 6.45) is 4.36. The number of rotatable bonds is 5. The van der Waals surface area contributed by atoms with Gasteiger partial charge in [-0.25, -0.2) is 4.98 Å². The molecule has 27 heavy (non-hydrogen) atoms. The number of hydrogen-bond donors (Lipinski definition) is 0. The van der Waals surface area contributed by atoms with Gasteiger partial charge in [0.1, 0.15) is 11.8 Å². The summed E-state index contributed by atoms with van der Waals surface area (Å²) in [5.41, 5.74) is 1.96. The van der Waals surface area contributed by atoms with Gasteiger partial charge in [0.05, 0.1) is 5.69 Å². The molecular formula is C20H22N4O2S. The van der Waals surface area contributed by atoms with Crippen LogP contribution in [0.3, 0.4) is 0 Å². The summed E-state index contributed by atoms with van der Waals surface area (Å²) < 4.78 is 5.22. The zero-order valence-electron chi connectivity index (χ0n) is 15.3. The second kappa shape index (κ2) is 9.19. The van der Waals surface area contributed by atoms with Gasteiger partial charge in [-0.1, -0.05) is 12.1 Å². The largest absolute Gasteiger partial charge is 0.479 e. The standard InChI is InChI=1S/C20H22N4O2S/c1-16-15-27-20(22-16)24-11-2-10-23(12-13-24)19(25)8-5-17-3-6-18(7-4-17)26-14-9-21/h3-8,15H,2,10-14H2,1H3/b8-5+. The Morgan fingerprint density at radius 2 is 2.11 bits per heavy atom. The molecule has 0 N–H and O–H groups in total. The van der Waals surface area contributed by atoms with E-state index in [4.69, 9.17) is 10.00 Å². The summed E-state index contributed by atoms with van der Waals surface area (Å²) >= 11 is 1.66. The Labute approximate surface area is 163 Å². The monoisotopic (exact) mass is 382 g/mol. The molecule has 1 aliphatic rings. The number of thiazole rings is 1. The molecular weight excluding hydrogens is 360 g/mol. The summed E-state index contributed by atoms with van der Waals surface area (Å²) in [4.78, 5) is 21.2. The van der Waals surface area contributed by atoms with Crippen LogP contribution in [0.5, 0.6) is 5.75 Å². The summed E-state index contributed by atoms with van der Waals surface area (Å²) in [7, 11) is 0. The maximum Gasteiger partial charge on any atom is 0.246 e. The van der Waals surface area contributed by atoms with E-state index >= 15 is 0 Å². The first-order chi connectivity index (χ1) is 13.2. The van der Waals surface area contributed by atoms with Crippen molar-refractivity contribution in [2.45, 2.75) is 13.3 Å². The Hall–Kier alpha value is -2.85. The second-order valence-electron chi connectivity index (χ2n) is 6.29. The van der Waals surface area contributed by atoms with Crippen molar-refractivity contribution in [1.82, 2.24) is 9.88 Å². The van der Waals surface area contributed by atoms with Crippen molar-refractivity contribution >= 4 is 28.5 Å². The fraction of sp³-hybridized carbons (Fsp3) is 0.350. The highest BCUT2D eigenvalue weighted by Gasteiger charge is 2.19. The molecule has 0 spiro atoms. The minimum absolute atomic E-state index is 0.0250. The number of hydrogen-bond acceptors (Lipinski definition) is 6. The molecule has 0 bridgehead atoms. The number of nitrogens with zero attached hydrogens (tertiary/aromatic N) is 4. The highest BCUT2D eigenvalue weighted by atomic mass is 32.1. The number of aromatic nitrogens is 1. The maximum absolute atomic E-state index is 12.5. The highest BCUT2D eigenvalue weighted by molar-refractivity contribution is 7.13. The maximum atomic E-state index is 12.5. The minimum atomic E-state index is 0.0250. The fourth-order valence-electron chi connectivity index (χ4n) is 2.88. The lowest BCUT2D eigenvalue weighted by Crippen LogP contribution is -2.34. The summed E-state index contributed by atoms with van der Waals surface area (Å²) in [5.74, 6) is 0.669. The second-order valence-corrected chi connectivity index (χ2v) is 7.12. The molecule has 0 atom stereocenters. The van der Waals surface area contributed by atoms with Crippen molar-refractivity contribution in [2.75, 3.05) is 37.7 Å². The molecule has 1 aromatic heterocycles. The van der Waals surface area contributed by atoms with Crippen LogP contribution >= 0.6 is 11.3 Å². The van der Waals surface area contributed by atoms with Gasteiger partial charge in [0.25, 0.3) is 0 Å². The number of amides is 1. The molecule has 1 fully saturated rings. The van der Waals surface area contributed by atoms with E-state index in [0.717, 1.165) is 42.4 Å². The molecule has 3 rings (SSSR count). The summed E-state index contributed by atoms with van der Waals surface area (Å²) in [5, 5.41) is 11.6. The molecule has 1 aliphatic heterocycles. The van der Waals surface area contributed by atoms with E-state index in [0.29, 0.717) is 12.3 Å². The Bertz CT molecular complexity index is 838. The molecule has 2 heterocycles. The van der Waals surface area contributed by atoms with Crippen molar-refractivity contribution in [3.8, 4) is 11.8 Å². The molecule has 0 unspecified atom stereocenters. The van der Waals surface area contributed by atoms with Gasteiger partial charge in [-0.05, 0) is 37.1 Å². The molecule has 7 heteroatoms. The van der Waals surface area contributed by atoms with Crippen LogP contribution in [0.15, 0.2) is 35.7 Å². The number of aryl methyl sites for hydroxylation is 1. The predicted molar refractivity (Wildman–Crippen MR) is 107 cm³/mol. The first kappa shape index (κ1) is 18.9. The van der Waals surface area contributed by atoms with Crippen LogP contribution in [0.4, 0.5) is 5.13 Å². The number of anilines is 1. The average molecular weight is 382 g/mol. The molecule has 1 amide bonds. The van der Waals surface area contributed by atoms with E-state index in [-0.39, 0.29) is 12.5 Å². The number of nitriles is 1. The van der Waals surface area contributed by atoms with E-state index < -0.39 is 0 Å². The van der Waals surface area contributed by atoms with E-state index in [1.54, 1.807) is 29.5 Å². The van der Waals surface area contributed by atoms with Crippen LogP contribution in [0.1, 0.15) is 17.7 Å². The number of carbonyl (C=O) groups excluding carboxylic acids is 1. The lowest BCUT2D eigenvalue weighted by molar-refractivity contribution is -0.125. The summed E-state index contributed by atoms with van der Waals surface area (Å²) in [6, 6.07) is 9.25. The molecule has 1 saturated heterocycles. The quantitative estimate of drug-likeness (QED) is 0.743. The number of carbonyl (C=O) groups is 1. The van der Waals surface area contributed by atoms with Gasteiger partial charge in [-0.3, -0.25) is 4.79 Å². The van der Waals surface area contributed by atoms with E-state index in [1.807, 2.05) is 36.1 Å². The van der Waals surface area contributed by atoms with Crippen LogP contribution in [0.25, 0.3) is 6.08 Å². The Balaban J connectivity index is 1.54. The highest BCUT2D eigenvalue weighted by Crippen LogP contribution is 2.21. The van der Waals surface area contributed by atoms with Crippen LogP contribution in [-0.4, -0.2) is 48.6 Å². The molecule has 1 aromatic carbocycles. The molecule has 6 nitrogen and oxygen atoms in total. The third-order valence-corrected chi connectivity index (χ3v) is 5.31. The topological polar surface area (TPSA) is 69.5 Å². The molecule has 0 saturated carbocycles. The number of benzene rings is 1. The zero-order valence-corrected chi connectivity index (χ0v) is 16.1.